The number of hydrogen-bond acceptors (Lipinski definition) is 8. The summed E-state index contributed by atoms with van der Waals surface area (Å²) in [6.45, 7) is 2.10. The fourth-order valence-corrected chi connectivity index (χ4v) is 3.91. The Morgan fingerprint density at radius 1 is 1.40 bits per heavy atom. The molecule has 0 spiro atoms. The summed E-state index contributed by atoms with van der Waals surface area (Å²) in [7, 11) is 0. The van der Waals surface area contributed by atoms with Crippen molar-refractivity contribution < 1.29 is 9.53 Å². The molecule has 0 aliphatic rings. The molecule has 5 nitrogen and oxygen atoms in total. The molecule has 1 aromatic carbocycles. The van der Waals surface area contributed by atoms with Crippen LogP contribution in [0.1, 0.15) is 17.3 Å². The van der Waals surface area contributed by atoms with Crippen LogP contribution in [0.25, 0.3) is 0 Å². The van der Waals surface area contributed by atoms with Gasteiger partial charge in [-0.15, -0.1) is 10.2 Å². The van der Waals surface area contributed by atoms with Crippen LogP contribution in [0.3, 0.4) is 0 Å². The molecule has 0 saturated heterocycles. The lowest BCUT2D eigenvalue weighted by molar-refractivity contribution is 0.0522. The van der Waals surface area contributed by atoms with Gasteiger partial charge in [0.2, 0.25) is 0 Å². The zero-order chi connectivity index (χ0) is 14.5. The van der Waals surface area contributed by atoms with E-state index in [9.17, 15) is 4.79 Å². The number of nitrogens with two attached hydrogens (primary N) is 1. The van der Waals surface area contributed by atoms with Gasteiger partial charge in [-0.25, -0.2) is 4.79 Å². The molecule has 1 heterocycles. The van der Waals surface area contributed by atoms with Gasteiger partial charge in [0.1, 0.15) is 0 Å². The van der Waals surface area contributed by atoms with Crippen molar-refractivity contribution in [2.24, 2.45) is 0 Å². The molecule has 0 unspecified atom stereocenters. The fourth-order valence-electron chi connectivity index (χ4n) is 1.42. The van der Waals surface area contributed by atoms with Crippen LogP contribution in [0.2, 0.25) is 0 Å². The minimum Gasteiger partial charge on any atom is -0.462 e. The van der Waals surface area contributed by atoms with Crippen molar-refractivity contribution in [3.63, 3.8) is 0 Å². The molecule has 0 bridgehead atoms. The lowest BCUT2D eigenvalue weighted by atomic mass is 10.2. The average molecular weight is 327 g/mol. The molecule has 0 radical (unpaired) electrons. The molecular weight excluding hydrogens is 314 g/mol. The largest absolute Gasteiger partial charge is 0.462 e. The van der Waals surface area contributed by atoms with E-state index in [-0.39, 0.29) is 5.97 Å². The van der Waals surface area contributed by atoms with Crippen LogP contribution in [0.4, 0.5) is 5.69 Å². The minimum absolute atomic E-state index is 0.327. The quantitative estimate of drug-likeness (QED) is 0.513. The Bertz CT molecular complexity index is 616. The molecule has 0 fully saturated rings. The standard InChI is InChI=1S/C12H13N3O2S3/c1-3-17-10(16)8-6-7(13)4-5-9(8)19-12-15-14-11(18-2)20-12/h4-6H,3,13H2,1-2H3. The molecule has 1 aromatic heterocycles. The fraction of sp³-hybridized carbons (Fsp3) is 0.250. The highest BCUT2D eigenvalue weighted by atomic mass is 32.2. The summed E-state index contributed by atoms with van der Waals surface area (Å²) in [6.07, 6.45) is 1.95. The number of carbonyl (C=O) groups excluding carboxylic acids is 1. The van der Waals surface area contributed by atoms with E-state index in [0.717, 1.165) is 13.6 Å². The van der Waals surface area contributed by atoms with Gasteiger partial charge in [-0.1, -0.05) is 34.9 Å². The van der Waals surface area contributed by atoms with Crippen LogP contribution in [0.5, 0.6) is 0 Å². The van der Waals surface area contributed by atoms with Gasteiger partial charge in [0.15, 0.2) is 8.68 Å². The van der Waals surface area contributed by atoms with E-state index in [1.54, 1.807) is 36.9 Å². The Morgan fingerprint density at radius 3 is 2.80 bits per heavy atom. The molecule has 2 N–H and O–H groups in total. The number of anilines is 1. The first-order valence-electron chi connectivity index (χ1n) is 5.76. The summed E-state index contributed by atoms with van der Waals surface area (Å²) in [4.78, 5) is 12.7. The van der Waals surface area contributed by atoms with Gasteiger partial charge in [0.25, 0.3) is 0 Å². The topological polar surface area (TPSA) is 78.1 Å². The highest BCUT2D eigenvalue weighted by Gasteiger charge is 2.16. The third kappa shape index (κ3) is 3.65. The number of rotatable bonds is 5. The first kappa shape index (κ1) is 15.1. The molecule has 0 aliphatic carbocycles. The zero-order valence-electron chi connectivity index (χ0n) is 11.0. The van der Waals surface area contributed by atoms with Crippen molar-refractivity contribution in [3.8, 4) is 0 Å². The summed E-state index contributed by atoms with van der Waals surface area (Å²) < 4.78 is 6.71. The molecule has 2 aromatic rings. The van der Waals surface area contributed by atoms with Crippen molar-refractivity contribution >= 4 is 46.5 Å². The maximum Gasteiger partial charge on any atom is 0.339 e. The number of ether oxygens (including phenoxy) is 1. The van der Waals surface area contributed by atoms with E-state index < -0.39 is 0 Å². The van der Waals surface area contributed by atoms with Gasteiger partial charge in [0, 0.05) is 10.6 Å². The predicted molar refractivity (Wildman–Crippen MR) is 82.6 cm³/mol. The first-order chi connectivity index (χ1) is 9.63. The molecule has 0 saturated carbocycles. The van der Waals surface area contributed by atoms with Crippen molar-refractivity contribution in [2.75, 3.05) is 18.6 Å². The van der Waals surface area contributed by atoms with Gasteiger partial charge in [-0.2, -0.15) is 0 Å². The second-order valence-electron chi connectivity index (χ2n) is 3.62. The minimum atomic E-state index is -0.378. The lowest BCUT2D eigenvalue weighted by Gasteiger charge is -2.07. The molecule has 20 heavy (non-hydrogen) atoms. The van der Waals surface area contributed by atoms with Crippen LogP contribution in [0.15, 0.2) is 31.8 Å². The number of nitrogens with zero attached hydrogens (tertiary/aromatic N) is 2. The highest BCUT2D eigenvalue weighted by Crippen LogP contribution is 2.35. The van der Waals surface area contributed by atoms with Gasteiger partial charge in [0.05, 0.1) is 12.2 Å². The average Bonchev–Trinajstić information content (AvgIpc) is 2.89. The van der Waals surface area contributed by atoms with E-state index in [1.807, 2.05) is 6.26 Å². The summed E-state index contributed by atoms with van der Waals surface area (Å²) in [5.74, 6) is -0.378. The molecular formula is C12H13N3O2S3. The Balaban J connectivity index is 2.28. The van der Waals surface area contributed by atoms with E-state index in [0.29, 0.717) is 17.9 Å². The predicted octanol–water partition coefficient (Wildman–Crippen LogP) is 3.17. The Labute approximate surface area is 129 Å². The van der Waals surface area contributed by atoms with E-state index >= 15 is 0 Å². The van der Waals surface area contributed by atoms with Crippen LogP contribution >= 0.6 is 34.9 Å². The van der Waals surface area contributed by atoms with E-state index in [2.05, 4.69) is 10.2 Å². The number of esters is 1. The van der Waals surface area contributed by atoms with Gasteiger partial charge < -0.3 is 10.5 Å². The van der Waals surface area contributed by atoms with Crippen molar-refractivity contribution in [1.29, 1.82) is 0 Å². The van der Waals surface area contributed by atoms with Crippen LogP contribution in [-0.2, 0) is 4.74 Å². The summed E-state index contributed by atoms with van der Waals surface area (Å²) in [6, 6.07) is 5.17. The Kier molecular flexibility index (Phi) is 5.27. The van der Waals surface area contributed by atoms with Crippen molar-refractivity contribution in [3.05, 3.63) is 23.8 Å². The first-order valence-corrected chi connectivity index (χ1v) is 8.61. The molecule has 0 amide bonds. The van der Waals surface area contributed by atoms with E-state index in [1.165, 1.54) is 23.1 Å². The van der Waals surface area contributed by atoms with Gasteiger partial charge in [-0.3, -0.25) is 0 Å². The lowest BCUT2D eigenvalue weighted by Crippen LogP contribution is -2.06. The third-order valence-corrected chi connectivity index (χ3v) is 5.28. The third-order valence-electron chi connectivity index (χ3n) is 2.26. The monoisotopic (exact) mass is 327 g/mol. The summed E-state index contributed by atoms with van der Waals surface area (Å²) >= 11 is 4.42. The second-order valence-corrected chi connectivity index (χ2v) is 6.94. The molecule has 0 atom stereocenters. The Morgan fingerprint density at radius 2 is 2.15 bits per heavy atom. The number of carbonyl (C=O) groups is 1. The van der Waals surface area contributed by atoms with Gasteiger partial charge in [-0.05, 0) is 31.4 Å². The highest BCUT2D eigenvalue weighted by molar-refractivity contribution is 8.03. The zero-order valence-corrected chi connectivity index (χ0v) is 13.4. The van der Waals surface area contributed by atoms with Crippen LogP contribution < -0.4 is 5.73 Å². The van der Waals surface area contributed by atoms with Crippen LogP contribution in [0, 0.1) is 0 Å². The molecule has 0 aliphatic heterocycles. The van der Waals surface area contributed by atoms with Crippen molar-refractivity contribution in [2.45, 2.75) is 20.5 Å². The normalized spacial score (nSPS) is 10.5. The smallest absolute Gasteiger partial charge is 0.339 e. The molecule has 8 heteroatoms. The maximum absolute atomic E-state index is 11.9. The number of nitrogen functional groups attached to an aromatic ring is 1. The number of hydrogen-bond donors (Lipinski definition) is 1. The van der Waals surface area contributed by atoms with Crippen molar-refractivity contribution in [1.82, 2.24) is 10.2 Å². The summed E-state index contributed by atoms with van der Waals surface area (Å²) in [5.41, 5.74) is 6.72. The number of benzene rings is 1. The number of thioether (sulfide) groups is 1. The SMILES string of the molecule is CCOC(=O)c1cc(N)ccc1Sc1nnc(SC)s1. The van der Waals surface area contributed by atoms with E-state index in [4.69, 9.17) is 10.5 Å². The molecule has 106 valence electrons. The molecule has 2 rings (SSSR count). The summed E-state index contributed by atoms with van der Waals surface area (Å²) in [5, 5.41) is 8.11. The maximum atomic E-state index is 11.9. The second kappa shape index (κ2) is 6.96. The number of aromatic nitrogens is 2. The van der Waals surface area contributed by atoms with Gasteiger partial charge >= 0.3 is 5.97 Å². The Hall–Kier alpha value is -1.25. The van der Waals surface area contributed by atoms with Crippen LogP contribution in [-0.4, -0.2) is 29.0 Å².